The van der Waals surface area contributed by atoms with Gasteiger partial charge in [0, 0.05) is 48.7 Å². The maximum Gasteiger partial charge on any atom is 0.229 e. The first-order chi connectivity index (χ1) is 13.1. The fourth-order valence-electron chi connectivity index (χ4n) is 5.54. The predicted molar refractivity (Wildman–Crippen MR) is 98.8 cm³/mol. The fourth-order valence-corrected chi connectivity index (χ4v) is 5.54. The second-order valence-electron chi connectivity index (χ2n) is 8.23. The molecule has 4 aliphatic heterocycles. The molecule has 0 saturated carbocycles. The molecule has 0 radical (unpaired) electrons. The van der Waals surface area contributed by atoms with Gasteiger partial charge in [0.1, 0.15) is 5.60 Å². The van der Waals surface area contributed by atoms with Gasteiger partial charge in [0.05, 0.1) is 24.5 Å². The maximum absolute atomic E-state index is 13.5. The van der Waals surface area contributed by atoms with E-state index >= 15 is 0 Å². The van der Waals surface area contributed by atoms with Crippen LogP contribution in [0.5, 0.6) is 0 Å². The summed E-state index contributed by atoms with van der Waals surface area (Å²) in [5.74, 6) is -0.700. The van der Waals surface area contributed by atoms with Crippen molar-refractivity contribution in [2.75, 3.05) is 20.1 Å². The second kappa shape index (κ2) is 5.01. The van der Waals surface area contributed by atoms with Gasteiger partial charge in [-0.25, -0.2) is 0 Å². The van der Waals surface area contributed by atoms with Gasteiger partial charge in [-0.15, -0.1) is 0 Å². The number of H-pyrrole nitrogens is 1. The Morgan fingerprint density at radius 3 is 3.07 bits per heavy atom. The third-order valence-corrected chi connectivity index (χ3v) is 6.77. The minimum atomic E-state index is -0.599. The van der Waals surface area contributed by atoms with Crippen LogP contribution >= 0.6 is 0 Å². The topological polar surface area (TPSA) is 65.6 Å². The number of nitrogens with zero attached hydrogens (tertiary/aromatic N) is 2. The first-order valence-corrected chi connectivity index (χ1v) is 9.57. The smallest absolute Gasteiger partial charge is 0.229 e. The Morgan fingerprint density at radius 1 is 1.33 bits per heavy atom. The predicted octanol–water partition coefficient (Wildman–Crippen LogP) is 1.46. The molecule has 27 heavy (non-hydrogen) atoms. The van der Waals surface area contributed by atoms with Gasteiger partial charge in [-0.3, -0.25) is 9.59 Å². The van der Waals surface area contributed by atoms with Crippen molar-refractivity contribution in [3.8, 4) is 0 Å². The van der Waals surface area contributed by atoms with Crippen LogP contribution in [0.25, 0.3) is 10.9 Å². The second-order valence-corrected chi connectivity index (χ2v) is 8.23. The number of likely N-dealkylation sites (tertiary alicyclic amines) is 1. The monoisotopic (exact) mass is 363 g/mol. The molecule has 6 heteroatoms. The van der Waals surface area contributed by atoms with Gasteiger partial charge in [-0.05, 0) is 6.07 Å². The third kappa shape index (κ3) is 1.88. The maximum atomic E-state index is 13.5. The molecule has 6 rings (SSSR count). The number of likely N-dealkylation sites (N-methyl/N-ethyl adjacent to an activating group) is 1. The zero-order valence-electron chi connectivity index (χ0n) is 15.1. The lowest BCUT2D eigenvalue weighted by molar-refractivity contribution is -0.143. The van der Waals surface area contributed by atoms with Crippen molar-refractivity contribution in [1.82, 2.24) is 14.8 Å². The van der Waals surface area contributed by atoms with Crippen LogP contribution < -0.4 is 0 Å². The third-order valence-electron chi connectivity index (χ3n) is 6.77. The summed E-state index contributed by atoms with van der Waals surface area (Å²) in [7, 11) is 1.79. The minimum Gasteiger partial charge on any atom is -0.360 e. The Labute approximate surface area is 156 Å². The molecule has 0 unspecified atom stereocenters. The van der Waals surface area contributed by atoms with Gasteiger partial charge in [-0.1, -0.05) is 30.4 Å². The Balaban J connectivity index is 1.34. The van der Waals surface area contributed by atoms with Gasteiger partial charge in [-0.2, -0.15) is 0 Å². The number of fused-ring (bicyclic) bond motifs is 4. The van der Waals surface area contributed by atoms with E-state index in [4.69, 9.17) is 4.74 Å². The summed E-state index contributed by atoms with van der Waals surface area (Å²) in [6, 6.07) is 8.23. The van der Waals surface area contributed by atoms with Crippen LogP contribution in [0.3, 0.4) is 0 Å². The van der Waals surface area contributed by atoms with E-state index in [1.807, 2.05) is 29.2 Å². The lowest BCUT2D eigenvalue weighted by Crippen LogP contribution is -2.47. The van der Waals surface area contributed by atoms with Crippen molar-refractivity contribution in [2.45, 2.75) is 24.7 Å². The molecule has 2 amide bonds. The summed E-state index contributed by atoms with van der Waals surface area (Å²) in [5, 5.41) is 1.18. The van der Waals surface area contributed by atoms with Crippen molar-refractivity contribution >= 4 is 22.7 Å². The number of hydrogen-bond acceptors (Lipinski definition) is 3. The molecule has 2 fully saturated rings. The molecule has 4 aliphatic rings. The Morgan fingerprint density at radius 2 is 2.19 bits per heavy atom. The zero-order chi connectivity index (χ0) is 18.3. The highest BCUT2D eigenvalue weighted by atomic mass is 16.5. The van der Waals surface area contributed by atoms with Gasteiger partial charge < -0.3 is 19.5 Å². The molecular formula is C21H21N3O3. The Hall–Kier alpha value is -2.60. The number of aromatic nitrogens is 1. The van der Waals surface area contributed by atoms with Crippen LogP contribution in [-0.4, -0.2) is 58.4 Å². The molecule has 138 valence electrons. The normalized spacial score (nSPS) is 33.8. The average molecular weight is 363 g/mol. The minimum absolute atomic E-state index is 0.0324. The van der Waals surface area contributed by atoms with E-state index in [2.05, 4.69) is 17.1 Å². The summed E-state index contributed by atoms with van der Waals surface area (Å²) in [5.41, 5.74) is 2.94. The molecule has 6 nitrogen and oxygen atoms in total. The summed E-state index contributed by atoms with van der Waals surface area (Å²) in [6.45, 7) is 1.81. The van der Waals surface area contributed by atoms with Crippen LogP contribution in [0.2, 0.25) is 0 Å². The van der Waals surface area contributed by atoms with E-state index in [0.717, 1.165) is 11.9 Å². The summed E-state index contributed by atoms with van der Waals surface area (Å²) < 4.78 is 6.15. The number of rotatable bonds is 1. The molecule has 2 aromatic rings. The molecule has 0 aliphatic carbocycles. The number of ether oxygens (including phenoxy) is 1. The summed E-state index contributed by atoms with van der Waals surface area (Å²) >= 11 is 0. The first kappa shape index (κ1) is 15.5. The van der Waals surface area contributed by atoms with E-state index in [9.17, 15) is 9.59 Å². The van der Waals surface area contributed by atoms with Gasteiger partial charge >= 0.3 is 0 Å². The van der Waals surface area contributed by atoms with Gasteiger partial charge in [0.2, 0.25) is 11.8 Å². The van der Waals surface area contributed by atoms with E-state index < -0.39 is 11.5 Å². The molecule has 2 saturated heterocycles. The van der Waals surface area contributed by atoms with E-state index in [-0.39, 0.29) is 23.8 Å². The van der Waals surface area contributed by atoms with E-state index in [0.29, 0.717) is 19.6 Å². The van der Waals surface area contributed by atoms with Gasteiger partial charge in [0.15, 0.2) is 0 Å². The molecule has 1 aromatic heterocycles. The van der Waals surface area contributed by atoms with Crippen molar-refractivity contribution in [1.29, 1.82) is 0 Å². The van der Waals surface area contributed by atoms with Crippen molar-refractivity contribution in [3.63, 3.8) is 0 Å². The number of amides is 2. The van der Waals surface area contributed by atoms with E-state index in [1.54, 1.807) is 11.9 Å². The fraction of sp³-hybridized carbons (Fsp3) is 0.429. The number of aromatic amines is 1. The van der Waals surface area contributed by atoms with Gasteiger partial charge in [0.25, 0.3) is 0 Å². The average Bonchev–Trinajstić information content (AvgIpc) is 3.39. The molecule has 1 aromatic carbocycles. The number of benzene rings is 1. The van der Waals surface area contributed by atoms with Crippen LogP contribution in [-0.2, 0) is 27.3 Å². The number of para-hydroxylation sites is 1. The number of carbonyl (C=O) groups excluding carboxylic acids is 2. The first-order valence-electron chi connectivity index (χ1n) is 9.57. The number of hydrogen-bond donors (Lipinski definition) is 1. The summed E-state index contributed by atoms with van der Waals surface area (Å²) in [4.78, 5) is 33.3. The van der Waals surface area contributed by atoms with E-state index in [1.165, 1.54) is 16.6 Å². The molecule has 1 spiro atoms. The van der Waals surface area contributed by atoms with Crippen LogP contribution in [0.4, 0.5) is 0 Å². The molecular weight excluding hydrogens is 342 g/mol. The molecule has 2 bridgehead atoms. The quantitative estimate of drug-likeness (QED) is 0.781. The SMILES string of the molecule is CN1C[C@@]23C=C[C@@H](O2)[C@@H](C(=O)N2CCc4[nH]c5ccccc5c4C2)[C@H]3C1=O. The lowest BCUT2D eigenvalue weighted by atomic mass is 9.76. The highest BCUT2D eigenvalue weighted by Gasteiger charge is 2.66. The van der Waals surface area contributed by atoms with Crippen molar-refractivity contribution in [3.05, 3.63) is 47.7 Å². The standard InChI is InChI=1S/C21H21N3O3/c1-23-11-21-8-6-16(27-21)17(18(21)20(23)26)19(25)24-9-7-15-13(10-24)12-4-2-3-5-14(12)22-15/h2-6,8,16-18,22H,7,9-11H2,1H3/t16-,17-,18+,21-/m1/s1. The molecule has 1 N–H and O–H groups in total. The highest BCUT2D eigenvalue weighted by molar-refractivity contribution is 5.93. The van der Waals surface area contributed by atoms with Crippen LogP contribution in [0.1, 0.15) is 11.3 Å². The van der Waals surface area contributed by atoms with Crippen molar-refractivity contribution < 1.29 is 14.3 Å². The van der Waals surface area contributed by atoms with Crippen LogP contribution in [0, 0.1) is 11.8 Å². The molecule has 4 atom stereocenters. The molecule has 5 heterocycles. The van der Waals surface area contributed by atoms with Crippen LogP contribution in [0.15, 0.2) is 36.4 Å². The lowest BCUT2D eigenvalue weighted by Gasteiger charge is -2.32. The largest absolute Gasteiger partial charge is 0.360 e. The highest BCUT2D eigenvalue weighted by Crippen LogP contribution is 2.52. The Bertz CT molecular complexity index is 1020. The van der Waals surface area contributed by atoms with Crippen molar-refractivity contribution in [2.24, 2.45) is 11.8 Å². The number of nitrogens with one attached hydrogen (secondary N) is 1. The Kier molecular flexibility index (Phi) is 2.87. The summed E-state index contributed by atoms with van der Waals surface area (Å²) in [6.07, 6.45) is 4.52. The zero-order valence-corrected chi connectivity index (χ0v) is 15.1. The number of carbonyl (C=O) groups is 2.